The highest BCUT2D eigenvalue weighted by molar-refractivity contribution is 5.48. The van der Waals surface area contributed by atoms with Crippen LogP contribution in [-0.4, -0.2) is 0 Å². The topological polar surface area (TPSA) is 0 Å². The fraction of sp³-hybridized carbons (Fsp3) is 0.211. The van der Waals surface area contributed by atoms with Crippen molar-refractivity contribution in [1.82, 2.24) is 0 Å². The lowest BCUT2D eigenvalue weighted by Gasteiger charge is -2.18. The summed E-state index contributed by atoms with van der Waals surface area (Å²) >= 11 is 0. The van der Waals surface area contributed by atoms with Crippen molar-refractivity contribution in [3.63, 3.8) is 0 Å². The lowest BCUT2D eigenvalue weighted by atomic mass is 9.86. The summed E-state index contributed by atoms with van der Waals surface area (Å²) in [5, 5.41) is 0. The van der Waals surface area contributed by atoms with E-state index in [9.17, 15) is 0 Å². The second-order valence-corrected chi connectivity index (χ2v) is 5.52. The van der Waals surface area contributed by atoms with Crippen LogP contribution in [-0.2, 0) is 6.42 Å². The van der Waals surface area contributed by atoms with Gasteiger partial charge in [0.1, 0.15) is 0 Å². The third kappa shape index (κ3) is 4.62. The predicted molar refractivity (Wildman–Crippen MR) is 82.9 cm³/mol. The Kier molecular flexibility index (Phi) is 4.39. The van der Waals surface area contributed by atoms with Gasteiger partial charge in [-0.3, -0.25) is 0 Å². The van der Waals surface area contributed by atoms with E-state index in [0.29, 0.717) is 0 Å². The SMILES string of the molecule is CC(C)(C=C=Cc1ccccc1)Cc1ccccc1. The molecular weight excluding hydrogens is 228 g/mol. The predicted octanol–water partition coefficient (Wildman–Crippen LogP) is 5.12. The van der Waals surface area contributed by atoms with Crippen LogP contribution >= 0.6 is 0 Å². The molecule has 0 aliphatic heterocycles. The largest absolute Gasteiger partial charge is 0.124 e. The van der Waals surface area contributed by atoms with Gasteiger partial charge in [0.05, 0.1) is 0 Å². The highest BCUT2D eigenvalue weighted by Gasteiger charge is 2.13. The van der Waals surface area contributed by atoms with E-state index >= 15 is 0 Å². The fourth-order valence-electron chi connectivity index (χ4n) is 2.09. The fourth-order valence-corrected chi connectivity index (χ4v) is 2.09. The van der Waals surface area contributed by atoms with Gasteiger partial charge in [-0.05, 0) is 35.1 Å². The molecule has 0 heteroatoms. The molecule has 0 amide bonds. The molecule has 2 aromatic carbocycles. The first-order valence-electron chi connectivity index (χ1n) is 6.68. The Morgan fingerprint density at radius 1 is 0.895 bits per heavy atom. The van der Waals surface area contributed by atoms with E-state index in [1.165, 1.54) is 11.1 Å². The molecule has 19 heavy (non-hydrogen) atoms. The van der Waals surface area contributed by atoms with E-state index in [4.69, 9.17) is 0 Å². The van der Waals surface area contributed by atoms with E-state index in [1.54, 1.807) is 0 Å². The van der Waals surface area contributed by atoms with Crippen LogP contribution in [0.2, 0.25) is 0 Å². The lowest BCUT2D eigenvalue weighted by Crippen LogP contribution is -2.10. The Bertz CT molecular complexity index is 556. The Hall–Kier alpha value is -2.04. The third-order valence-corrected chi connectivity index (χ3v) is 3.03. The third-order valence-electron chi connectivity index (χ3n) is 3.03. The summed E-state index contributed by atoms with van der Waals surface area (Å²) in [7, 11) is 0. The Labute approximate surface area is 116 Å². The van der Waals surface area contributed by atoms with Crippen LogP contribution in [0, 0.1) is 5.41 Å². The minimum absolute atomic E-state index is 0.118. The molecule has 0 nitrogen and oxygen atoms in total. The van der Waals surface area contributed by atoms with Crippen molar-refractivity contribution in [2.24, 2.45) is 5.41 Å². The summed E-state index contributed by atoms with van der Waals surface area (Å²) in [6.07, 6.45) is 5.23. The van der Waals surface area contributed by atoms with Crippen LogP contribution in [0.5, 0.6) is 0 Å². The Morgan fingerprint density at radius 3 is 2.11 bits per heavy atom. The van der Waals surface area contributed by atoms with E-state index < -0.39 is 0 Å². The van der Waals surface area contributed by atoms with Crippen LogP contribution in [0.25, 0.3) is 6.08 Å². The van der Waals surface area contributed by atoms with E-state index in [0.717, 1.165) is 6.42 Å². The average Bonchev–Trinajstić information content (AvgIpc) is 2.40. The maximum absolute atomic E-state index is 3.31. The van der Waals surface area contributed by atoms with Gasteiger partial charge in [0.2, 0.25) is 0 Å². The van der Waals surface area contributed by atoms with Crippen LogP contribution < -0.4 is 0 Å². The molecule has 2 aromatic rings. The molecule has 0 saturated carbocycles. The number of benzene rings is 2. The van der Waals surface area contributed by atoms with Crippen LogP contribution in [0.3, 0.4) is 0 Å². The highest BCUT2D eigenvalue weighted by Crippen LogP contribution is 2.23. The van der Waals surface area contributed by atoms with Gasteiger partial charge < -0.3 is 0 Å². The van der Waals surface area contributed by atoms with Crippen LogP contribution in [0.15, 0.2) is 72.5 Å². The van der Waals surface area contributed by atoms with Gasteiger partial charge >= 0.3 is 0 Å². The molecule has 0 spiro atoms. The van der Waals surface area contributed by atoms with Gasteiger partial charge in [-0.25, -0.2) is 0 Å². The van der Waals surface area contributed by atoms with Crippen molar-refractivity contribution in [3.8, 4) is 0 Å². The molecule has 0 atom stereocenters. The molecule has 2 rings (SSSR count). The van der Waals surface area contributed by atoms with Crippen molar-refractivity contribution in [2.45, 2.75) is 20.3 Å². The first kappa shape index (κ1) is 13.4. The second kappa shape index (κ2) is 6.22. The van der Waals surface area contributed by atoms with Gasteiger partial charge in [0.15, 0.2) is 0 Å². The summed E-state index contributed by atoms with van der Waals surface area (Å²) in [6, 6.07) is 20.9. The Morgan fingerprint density at radius 2 is 1.47 bits per heavy atom. The zero-order chi connectivity index (χ0) is 13.6. The van der Waals surface area contributed by atoms with Gasteiger partial charge in [-0.1, -0.05) is 74.5 Å². The molecule has 0 N–H and O–H groups in total. The monoisotopic (exact) mass is 248 g/mol. The summed E-state index contributed by atoms with van der Waals surface area (Å²) in [4.78, 5) is 0. The molecule has 96 valence electrons. The molecule has 0 unspecified atom stereocenters. The minimum atomic E-state index is 0.118. The van der Waals surface area contributed by atoms with Crippen molar-refractivity contribution >= 4 is 6.08 Å². The van der Waals surface area contributed by atoms with Gasteiger partial charge in [0, 0.05) is 0 Å². The summed E-state index contributed by atoms with van der Waals surface area (Å²) in [6.45, 7) is 4.48. The van der Waals surface area contributed by atoms with Gasteiger partial charge in [-0.2, -0.15) is 0 Å². The number of allylic oxidation sites excluding steroid dienone is 1. The summed E-state index contributed by atoms with van der Waals surface area (Å²) in [5.74, 6) is 0. The first-order chi connectivity index (χ1) is 9.16. The van der Waals surface area contributed by atoms with Crippen molar-refractivity contribution in [2.75, 3.05) is 0 Å². The number of hydrogen-bond donors (Lipinski definition) is 0. The van der Waals surface area contributed by atoms with Crippen molar-refractivity contribution in [1.29, 1.82) is 0 Å². The molecule has 0 heterocycles. The second-order valence-electron chi connectivity index (χ2n) is 5.52. The zero-order valence-electron chi connectivity index (χ0n) is 11.6. The van der Waals surface area contributed by atoms with Crippen molar-refractivity contribution < 1.29 is 0 Å². The van der Waals surface area contributed by atoms with Crippen LogP contribution in [0.1, 0.15) is 25.0 Å². The van der Waals surface area contributed by atoms with Gasteiger partial charge in [-0.15, -0.1) is 5.73 Å². The summed E-state index contributed by atoms with van der Waals surface area (Å²) < 4.78 is 0. The molecule has 0 aliphatic carbocycles. The molecule has 0 fully saturated rings. The summed E-state index contributed by atoms with van der Waals surface area (Å²) in [5.41, 5.74) is 5.99. The van der Waals surface area contributed by atoms with Crippen LogP contribution in [0.4, 0.5) is 0 Å². The molecular formula is C19H20. The minimum Gasteiger partial charge on any atom is -0.124 e. The molecule has 0 radical (unpaired) electrons. The molecule has 0 saturated heterocycles. The first-order valence-corrected chi connectivity index (χ1v) is 6.68. The molecule has 0 bridgehead atoms. The maximum Gasteiger partial charge on any atom is -0.00587 e. The van der Waals surface area contributed by atoms with E-state index in [-0.39, 0.29) is 5.41 Å². The van der Waals surface area contributed by atoms with E-state index in [1.807, 2.05) is 24.3 Å². The molecule has 0 aliphatic rings. The highest BCUT2D eigenvalue weighted by atomic mass is 14.2. The smallest absolute Gasteiger partial charge is 0.00587 e. The zero-order valence-corrected chi connectivity index (χ0v) is 11.6. The van der Waals surface area contributed by atoms with Gasteiger partial charge in [0.25, 0.3) is 0 Å². The number of hydrogen-bond acceptors (Lipinski definition) is 0. The number of rotatable bonds is 4. The Balaban J connectivity index is 2.07. The maximum atomic E-state index is 3.31. The molecule has 0 aromatic heterocycles. The standard InChI is InChI=1S/C19H20/c1-19(2,16-18-12-7-4-8-13-18)15-9-14-17-10-5-3-6-11-17/h3-8,10-15H,16H2,1-2H3. The van der Waals surface area contributed by atoms with E-state index in [2.05, 4.69) is 68.1 Å². The quantitative estimate of drug-likeness (QED) is 0.658. The normalized spacial score (nSPS) is 10.6. The van der Waals surface area contributed by atoms with Crippen molar-refractivity contribution in [3.05, 3.63) is 83.6 Å². The average molecular weight is 248 g/mol. The lowest BCUT2D eigenvalue weighted by molar-refractivity contribution is 0.478.